The second-order valence-corrected chi connectivity index (χ2v) is 5.22. The van der Waals surface area contributed by atoms with Gasteiger partial charge in [-0.3, -0.25) is 0 Å². The van der Waals surface area contributed by atoms with Crippen LogP contribution in [0.2, 0.25) is 0 Å². The zero-order chi connectivity index (χ0) is 7.73. The summed E-state index contributed by atoms with van der Waals surface area (Å²) < 4.78 is 15.7. The molecule has 2 rings (SSSR count). The molecular weight excluding hydrogens is 158 g/mol. The van der Waals surface area contributed by atoms with Gasteiger partial charge < -0.3 is 8.57 Å². The first-order valence-electron chi connectivity index (χ1n) is 4.43. The summed E-state index contributed by atoms with van der Waals surface area (Å²) >= 11 is 0. The molecule has 1 fully saturated rings. The van der Waals surface area contributed by atoms with E-state index in [4.69, 9.17) is 0 Å². The van der Waals surface area contributed by atoms with Gasteiger partial charge in [-0.05, 0) is 6.42 Å². The Morgan fingerprint density at radius 2 is 1.82 bits per heavy atom. The summed E-state index contributed by atoms with van der Waals surface area (Å²) in [5, 5.41) is 0. The van der Waals surface area contributed by atoms with Crippen LogP contribution >= 0.6 is 0 Å². The highest BCUT2D eigenvalue weighted by Crippen LogP contribution is 2.37. The molecule has 2 aliphatic rings. The van der Waals surface area contributed by atoms with Gasteiger partial charge in [-0.2, -0.15) is 10.6 Å². The second kappa shape index (κ2) is 2.77. The normalized spacial score (nSPS) is 30.5. The fourth-order valence-electron chi connectivity index (χ4n) is 2.18. The predicted molar refractivity (Wildman–Crippen MR) is 45.8 cm³/mol. The molecule has 11 heavy (non-hydrogen) atoms. The van der Waals surface area contributed by atoms with Crippen LogP contribution in [0.25, 0.3) is 0 Å². The van der Waals surface area contributed by atoms with Crippen LogP contribution in [0.1, 0.15) is 38.5 Å². The van der Waals surface area contributed by atoms with Crippen LogP contribution in [-0.2, 0) is 14.8 Å². The average Bonchev–Trinajstić information content (AvgIpc) is 2.36. The Hall–Kier alpha value is -0.0500. The van der Waals surface area contributed by atoms with Crippen LogP contribution in [0, 0.1) is 0 Å². The van der Waals surface area contributed by atoms with Gasteiger partial charge in [0.25, 0.3) is 0 Å². The Kier molecular flexibility index (Phi) is 1.91. The summed E-state index contributed by atoms with van der Waals surface area (Å²) in [4.78, 5) is 0. The van der Waals surface area contributed by atoms with Gasteiger partial charge in [-0.25, -0.2) is 0 Å². The average molecular weight is 172 g/mol. The lowest BCUT2D eigenvalue weighted by atomic mass is 9.86. The van der Waals surface area contributed by atoms with E-state index in [9.17, 15) is 4.21 Å². The molecular formula is C8H14NOS-. The minimum atomic E-state index is -0.843. The molecule has 3 heteroatoms. The van der Waals surface area contributed by atoms with E-state index < -0.39 is 10.6 Å². The summed E-state index contributed by atoms with van der Waals surface area (Å²) in [6.07, 6.45) is 7.26. The SMILES string of the molecule is O=[S-]1=NCCC12CCCCC2. The lowest BCUT2D eigenvalue weighted by molar-refractivity contribution is 0.381. The van der Waals surface area contributed by atoms with Gasteiger partial charge in [0.2, 0.25) is 0 Å². The van der Waals surface area contributed by atoms with E-state index in [1.54, 1.807) is 0 Å². The molecule has 0 bridgehead atoms. The molecule has 0 aromatic rings. The summed E-state index contributed by atoms with van der Waals surface area (Å²) in [6, 6.07) is 0. The molecule has 0 unspecified atom stereocenters. The number of rotatable bonds is 0. The van der Waals surface area contributed by atoms with Crippen molar-refractivity contribution >= 4 is 10.6 Å². The van der Waals surface area contributed by atoms with E-state index in [-0.39, 0.29) is 4.75 Å². The highest BCUT2D eigenvalue weighted by atomic mass is 32.2. The number of hydrogen-bond acceptors (Lipinski definition) is 3. The molecule has 1 heterocycles. The quantitative estimate of drug-likeness (QED) is 0.515. The molecule has 1 aliphatic carbocycles. The molecule has 0 N–H and O–H groups in total. The van der Waals surface area contributed by atoms with Crippen LogP contribution in [-0.4, -0.2) is 11.3 Å². The van der Waals surface area contributed by atoms with Crippen molar-refractivity contribution in [3.63, 3.8) is 0 Å². The van der Waals surface area contributed by atoms with Crippen molar-refractivity contribution in [1.29, 1.82) is 0 Å². The lowest BCUT2D eigenvalue weighted by Gasteiger charge is -2.37. The highest BCUT2D eigenvalue weighted by Gasteiger charge is 2.28. The largest absolute Gasteiger partial charge is 0.444 e. The smallest absolute Gasteiger partial charge is 0.0112 e. The maximum Gasteiger partial charge on any atom is 0.0112 e. The fraction of sp³-hybridized carbons (Fsp3) is 1.00. The van der Waals surface area contributed by atoms with E-state index in [0.29, 0.717) is 0 Å². The van der Waals surface area contributed by atoms with Crippen LogP contribution in [0.4, 0.5) is 0 Å². The Morgan fingerprint density at radius 3 is 2.36 bits per heavy atom. The lowest BCUT2D eigenvalue weighted by Crippen LogP contribution is -2.30. The van der Waals surface area contributed by atoms with Crippen molar-refractivity contribution in [2.24, 2.45) is 4.36 Å². The van der Waals surface area contributed by atoms with Crippen LogP contribution in [0.15, 0.2) is 4.36 Å². The third-order valence-corrected chi connectivity index (χ3v) is 4.68. The molecule has 0 aromatic carbocycles. The first-order chi connectivity index (χ1) is 5.33. The molecule has 1 spiro atoms. The van der Waals surface area contributed by atoms with E-state index in [1.807, 2.05) is 0 Å². The summed E-state index contributed by atoms with van der Waals surface area (Å²) in [5.41, 5.74) is 0. The van der Waals surface area contributed by atoms with Crippen LogP contribution in [0.3, 0.4) is 0 Å². The van der Waals surface area contributed by atoms with Gasteiger partial charge in [-0.15, -0.1) is 0 Å². The van der Waals surface area contributed by atoms with E-state index in [2.05, 4.69) is 4.36 Å². The van der Waals surface area contributed by atoms with Gasteiger partial charge in [0, 0.05) is 6.54 Å². The summed E-state index contributed by atoms with van der Waals surface area (Å²) in [7, 11) is -0.843. The minimum Gasteiger partial charge on any atom is -0.444 e. The Labute approximate surface area is 69.6 Å². The Balaban J connectivity index is 2.20. The number of nitrogens with zero attached hydrogens (tertiary/aromatic N) is 1. The van der Waals surface area contributed by atoms with Crippen molar-refractivity contribution in [3.8, 4) is 0 Å². The van der Waals surface area contributed by atoms with Gasteiger partial charge >= 0.3 is 0 Å². The van der Waals surface area contributed by atoms with Crippen molar-refractivity contribution in [3.05, 3.63) is 0 Å². The maximum absolute atomic E-state index is 11.5. The summed E-state index contributed by atoms with van der Waals surface area (Å²) in [6.45, 7) is 0.840. The first-order valence-corrected chi connectivity index (χ1v) is 5.54. The topological polar surface area (TPSA) is 29.4 Å². The molecule has 2 nitrogen and oxygen atoms in total. The standard InChI is InChI=1S/C8H14NOS/c10-11-8(6-7-9-11)4-2-1-3-5-8/h1-7H2/q-1. The number of hydrogen-bond donors (Lipinski definition) is 0. The molecule has 0 aromatic heterocycles. The first kappa shape index (κ1) is 7.59. The molecule has 1 saturated carbocycles. The van der Waals surface area contributed by atoms with E-state index in [1.165, 1.54) is 19.3 Å². The molecule has 1 aliphatic heterocycles. The predicted octanol–water partition coefficient (Wildman–Crippen LogP) is 2.24. The minimum absolute atomic E-state index is 0.137. The highest BCUT2D eigenvalue weighted by molar-refractivity contribution is 7.76. The van der Waals surface area contributed by atoms with Crippen molar-refractivity contribution in [2.75, 3.05) is 6.54 Å². The van der Waals surface area contributed by atoms with Gasteiger partial charge in [-0.1, -0.05) is 36.9 Å². The molecule has 0 atom stereocenters. The molecule has 0 saturated heterocycles. The van der Waals surface area contributed by atoms with Gasteiger partial charge in [0.05, 0.1) is 0 Å². The van der Waals surface area contributed by atoms with Crippen molar-refractivity contribution < 1.29 is 4.21 Å². The van der Waals surface area contributed by atoms with Crippen molar-refractivity contribution in [2.45, 2.75) is 43.3 Å². The van der Waals surface area contributed by atoms with Gasteiger partial charge in [0.1, 0.15) is 0 Å². The van der Waals surface area contributed by atoms with Crippen LogP contribution < -0.4 is 0 Å². The second-order valence-electron chi connectivity index (χ2n) is 3.60. The van der Waals surface area contributed by atoms with Crippen molar-refractivity contribution in [1.82, 2.24) is 0 Å². The maximum atomic E-state index is 11.5. The monoisotopic (exact) mass is 172 g/mol. The Morgan fingerprint density at radius 1 is 1.09 bits per heavy atom. The molecule has 0 amide bonds. The van der Waals surface area contributed by atoms with Crippen LogP contribution in [0.5, 0.6) is 0 Å². The zero-order valence-electron chi connectivity index (χ0n) is 6.71. The van der Waals surface area contributed by atoms with Gasteiger partial charge in [0.15, 0.2) is 0 Å². The third-order valence-electron chi connectivity index (χ3n) is 2.91. The zero-order valence-corrected chi connectivity index (χ0v) is 7.53. The molecule has 64 valence electrons. The van der Waals surface area contributed by atoms with E-state index >= 15 is 0 Å². The molecule has 0 radical (unpaired) electrons. The summed E-state index contributed by atoms with van der Waals surface area (Å²) in [5.74, 6) is 0. The van der Waals surface area contributed by atoms with E-state index in [0.717, 1.165) is 25.8 Å². The third kappa shape index (κ3) is 1.19. The Bertz CT molecular complexity index is 224. The fourth-order valence-corrected chi connectivity index (χ4v) is 3.61.